The number of carbonyl (C=O) groups excluding carboxylic acids is 2. The second-order valence-electron chi connectivity index (χ2n) is 4.57. The first-order valence-electron chi connectivity index (χ1n) is 5.85. The Bertz CT molecular complexity index is 441. The summed E-state index contributed by atoms with van der Waals surface area (Å²) in [6, 6.07) is 1.60. The lowest BCUT2D eigenvalue weighted by Gasteiger charge is -2.36. The Labute approximate surface area is 99.0 Å². The lowest BCUT2D eigenvalue weighted by atomic mass is 10.1. The van der Waals surface area contributed by atoms with E-state index in [1.54, 1.807) is 22.3 Å². The van der Waals surface area contributed by atoms with Crippen LogP contribution in [0.5, 0.6) is 0 Å². The molecule has 2 amide bonds. The Morgan fingerprint density at radius 1 is 1.41 bits per heavy atom. The molecule has 2 aliphatic rings. The highest BCUT2D eigenvalue weighted by molar-refractivity contribution is 5.95. The van der Waals surface area contributed by atoms with E-state index >= 15 is 0 Å². The van der Waals surface area contributed by atoms with Crippen molar-refractivity contribution in [1.29, 1.82) is 0 Å². The molecule has 0 saturated carbocycles. The van der Waals surface area contributed by atoms with Gasteiger partial charge in [-0.15, -0.1) is 0 Å². The Kier molecular flexibility index (Phi) is 2.39. The fourth-order valence-electron chi connectivity index (χ4n) is 2.60. The van der Waals surface area contributed by atoms with Crippen LogP contribution in [0.3, 0.4) is 0 Å². The summed E-state index contributed by atoms with van der Waals surface area (Å²) in [5.41, 5.74) is 0.928. The van der Waals surface area contributed by atoms with Gasteiger partial charge in [0, 0.05) is 18.7 Å². The molecule has 90 valence electrons. The van der Waals surface area contributed by atoms with E-state index in [1.165, 1.54) is 0 Å². The topological polar surface area (TPSA) is 53.8 Å². The van der Waals surface area contributed by atoms with E-state index in [-0.39, 0.29) is 24.4 Å². The average molecular weight is 234 g/mol. The number of nitrogens with zero attached hydrogens (tertiary/aromatic N) is 2. The van der Waals surface area contributed by atoms with Gasteiger partial charge < -0.3 is 14.2 Å². The molecular formula is C12H14N2O3. The summed E-state index contributed by atoms with van der Waals surface area (Å²) >= 11 is 0. The zero-order valence-electron chi connectivity index (χ0n) is 9.46. The quantitative estimate of drug-likeness (QED) is 0.753. The summed E-state index contributed by atoms with van der Waals surface area (Å²) < 4.78 is 4.97. The van der Waals surface area contributed by atoms with Gasteiger partial charge in [-0.25, -0.2) is 0 Å². The number of carbonyl (C=O) groups is 2. The van der Waals surface area contributed by atoms with E-state index in [2.05, 4.69) is 0 Å². The molecule has 0 aromatic carbocycles. The first-order chi connectivity index (χ1) is 8.25. The molecule has 0 aliphatic carbocycles. The van der Waals surface area contributed by atoms with Crippen LogP contribution in [-0.4, -0.2) is 40.7 Å². The smallest absolute Gasteiger partial charge is 0.246 e. The van der Waals surface area contributed by atoms with Crippen LogP contribution in [0.2, 0.25) is 0 Å². The number of rotatable bonds is 2. The van der Waals surface area contributed by atoms with E-state index < -0.39 is 0 Å². The van der Waals surface area contributed by atoms with Crippen LogP contribution in [0.15, 0.2) is 23.0 Å². The van der Waals surface area contributed by atoms with Gasteiger partial charge in [0.1, 0.15) is 12.6 Å². The number of amides is 2. The van der Waals surface area contributed by atoms with Gasteiger partial charge >= 0.3 is 0 Å². The van der Waals surface area contributed by atoms with Gasteiger partial charge in [0.2, 0.25) is 11.8 Å². The van der Waals surface area contributed by atoms with Crippen LogP contribution in [0, 0.1) is 0 Å². The molecule has 3 rings (SSSR count). The number of hydrogen-bond acceptors (Lipinski definition) is 3. The normalized spacial score (nSPS) is 24.4. The molecule has 0 bridgehead atoms. The first kappa shape index (κ1) is 10.4. The van der Waals surface area contributed by atoms with Crippen LogP contribution in [-0.2, 0) is 16.1 Å². The standard InChI is InChI=1S/C12H14N2O3/c15-11-7-13(6-9-3-5-17-8-9)12(16)10-2-1-4-14(10)11/h3,5,8,10H,1-2,4,6-7H2. The monoisotopic (exact) mass is 234 g/mol. The molecule has 0 N–H and O–H groups in total. The third kappa shape index (κ3) is 1.71. The van der Waals surface area contributed by atoms with Crippen molar-refractivity contribution in [1.82, 2.24) is 9.80 Å². The van der Waals surface area contributed by atoms with E-state index in [9.17, 15) is 9.59 Å². The van der Waals surface area contributed by atoms with Crippen LogP contribution >= 0.6 is 0 Å². The van der Waals surface area contributed by atoms with Gasteiger partial charge in [-0.1, -0.05) is 0 Å². The van der Waals surface area contributed by atoms with Gasteiger partial charge in [-0.05, 0) is 18.9 Å². The fourth-order valence-corrected chi connectivity index (χ4v) is 2.60. The Morgan fingerprint density at radius 3 is 3.06 bits per heavy atom. The van der Waals surface area contributed by atoms with Crippen LogP contribution in [0.1, 0.15) is 18.4 Å². The van der Waals surface area contributed by atoms with Crippen molar-refractivity contribution in [3.8, 4) is 0 Å². The second-order valence-corrected chi connectivity index (χ2v) is 4.57. The summed E-state index contributed by atoms with van der Waals surface area (Å²) in [6.45, 7) is 1.39. The van der Waals surface area contributed by atoms with Crippen molar-refractivity contribution in [2.24, 2.45) is 0 Å². The van der Waals surface area contributed by atoms with Crippen molar-refractivity contribution in [3.63, 3.8) is 0 Å². The molecule has 2 fully saturated rings. The number of hydrogen-bond donors (Lipinski definition) is 0. The molecule has 2 saturated heterocycles. The third-order valence-corrected chi connectivity index (χ3v) is 3.45. The van der Waals surface area contributed by atoms with Crippen molar-refractivity contribution < 1.29 is 14.0 Å². The van der Waals surface area contributed by atoms with E-state index in [0.717, 1.165) is 24.9 Å². The van der Waals surface area contributed by atoms with Crippen molar-refractivity contribution >= 4 is 11.8 Å². The lowest BCUT2D eigenvalue weighted by Crippen LogP contribution is -2.56. The van der Waals surface area contributed by atoms with Gasteiger partial charge in [0.05, 0.1) is 12.5 Å². The SMILES string of the molecule is O=C1C2CCCN2C(=O)CN1Cc1ccoc1. The minimum Gasteiger partial charge on any atom is -0.472 e. The van der Waals surface area contributed by atoms with Crippen LogP contribution < -0.4 is 0 Å². The Hall–Kier alpha value is -1.78. The molecule has 17 heavy (non-hydrogen) atoms. The van der Waals surface area contributed by atoms with E-state index in [4.69, 9.17) is 4.42 Å². The summed E-state index contributed by atoms with van der Waals surface area (Å²) in [5.74, 6) is 0.138. The van der Waals surface area contributed by atoms with Gasteiger partial charge in [0.25, 0.3) is 0 Å². The minimum absolute atomic E-state index is 0.0654. The Morgan fingerprint density at radius 2 is 2.29 bits per heavy atom. The van der Waals surface area contributed by atoms with Gasteiger partial charge in [-0.3, -0.25) is 9.59 Å². The Balaban J connectivity index is 1.77. The van der Waals surface area contributed by atoms with E-state index in [0.29, 0.717) is 6.54 Å². The molecule has 0 radical (unpaired) electrons. The summed E-state index contributed by atoms with van der Waals surface area (Å²) in [5, 5.41) is 0. The zero-order chi connectivity index (χ0) is 11.8. The third-order valence-electron chi connectivity index (χ3n) is 3.45. The largest absolute Gasteiger partial charge is 0.472 e. The highest BCUT2D eigenvalue weighted by Gasteiger charge is 2.41. The van der Waals surface area contributed by atoms with Gasteiger partial charge in [0.15, 0.2) is 0 Å². The lowest BCUT2D eigenvalue weighted by molar-refractivity contribution is -0.154. The maximum Gasteiger partial charge on any atom is 0.246 e. The number of fused-ring (bicyclic) bond motifs is 1. The number of piperazine rings is 1. The molecular weight excluding hydrogens is 220 g/mol. The highest BCUT2D eigenvalue weighted by atomic mass is 16.3. The summed E-state index contributed by atoms with van der Waals surface area (Å²) in [4.78, 5) is 27.4. The summed E-state index contributed by atoms with van der Waals surface area (Å²) in [7, 11) is 0. The number of furan rings is 1. The van der Waals surface area contributed by atoms with Gasteiger partial charge in [-0.2, -0.15) is 0 Å². The first-order valence-corrected chi connectivity index (χ1v) is 5.85. The van der Waals surface area contributed by atoms with Crippen LogP contribution in [0.25, 0.3) is 0 Å². The van der Waals surface area contributed by atoms with Crippen LogP contribution in [0.4, 0.5) is 0 Å². The molecule has 1 aromatic heterocycles. The molecule has 0 spiro atoms. The van der Waals surface area contributed by atoms with Crippen molar-refractivity contribution in [3.05, 3.63) is 24.2 Å². The highest BCUT2D eigenvalue weighted by Crippen LogP contribution is 2.24. The minimum atomic E-state index is -0.219. The fraction of sp³-hybridized carbons (Fsp3) is 0.500. The van der Waals surface area contributed by atoms with E-state index in [1.807, 2.05) is 6.07 Å². The van der Waals surface area contributed by atoms with Crippen molar-refractivity contribution in [2.45, 2.75) is 25.4 Å². The molecule has 1 aromatic rings. The maximum absolute atomic E-state index is 12.2. The molecule has 3 heterocycles. The zero-order valence-corrected chi connectivity index (χ0v) is 9.46. The summed E-state index contributed by atoms with van der Waals surface area (Å²) in [6.07, 6.45) is 4.92. The molecule has 5 nitrogen and oxygen atoms in total. The average Bonchev–Trinajstić information content (AvgIpc) is 2.96. The molecule has 2 aliphatic heterocycles. The van der Waals surface area contributed by atoms with Crippen molar-refractivity contribution in [2.75, 3.05) is 13.1 Å². The predicted octanol–water partition coefficient (Wildman–Crippen LogP) is 0.613. The second kappa shape index (κ2) is 3.91. The molecule has 5 heteroatoms. The predicted molar refractivity (Wildman–Crippen MR) is 58.9 cm³/mol. The molecule has 1 unspecified atom stereocenters. The maximum atomic E-state index is 12.2. The molecule has 1 atom stereocenters.